The van der Waals surface area contributed by atoms with Crippen LogP contribution in [-0.2, 0) is 4.84 Å². The molecule has 1 atom stereocenters. The van der Waals surface area contributed by atoms with Gasteiger partial charge < -0.3 is 14.7 Å². The lowest BCUT2D eigenvalue weighted by atomic mass is 9.90. The molecule has 24 heavy (non-hydrogen) atoms. The molecule has 0 aliphatic carbocycles. The maximum Gasteiger partial charge on any atom is 0.141 e. The number of nitrogens with zero attached hydrogens (tertiary/aromatic N) is 2. The third kappa shape index (κ3) is 2.49. The fourth-order valence-electron chi connectivity index (χ4n) is 3.52. The molecule has 0 radical (unpaired) electrons. The van der Waals surface area contributed by atoms with Gasteiger partial charge in [-0.05, 0) is 63.4 Å². The fourth-order valence-corrected chi connectivity index (χ4v) is 3.52. The van der Waals surface area contributed by atoms with E-state index in [1.807, 2.05) is 39.9 Å². The summed E-state index contributed by atoms with van der Waals surface area (Å²) < 4.78 is 5.39. The van der Waals surface area contributed by atoms with Crippen molar-refractivity contribution in [2.75, 3.05) is 19.4 Å². The molecule has 5 nitrogen and oxygen atoms in total. The van der Waals surface area contributed by atoms with E-state index in [-0.39, 0.29) is 6.04 Å². The summed E-state index contributed by atoms with van der Waals surface area (Å²) in [5, 5.41) is 9.32. The van der Waals surface area contributed by atoms with Gasteiger partial charge in [0.2, 0.25) is 0 Å². The Bertz CT molecular complexity index is 801. The largest absolute Gasteiger partial charge is 0.410 e. The minimum absolute atomic E-state index is 0.204. The molecule has 128 valence electrons. The first-order valence-electron chi connectivity index (χ1n) is 8.22. The molecule has 1 aromatic heterocycles. The van der Waals surface area contributed by atoms with Crippen LogP contribution in [0.5, 0.6) is 0 Å². The summed E-state index contributed by atoms with van der Waals surface area (Å²) in [7, 11) is 3.91. The number of allylic oxidation sites excluding steroid dienone is 1. The molecule has 0 fully saturated rings. The smallest absolute Gasteiger partial charge is 0.141 e. The zero-order chi connectivity index (χ0) is 17.6. The highest BCUT2D eigenvalue weighted by Crippen LogP contribution is 2.39. The SMILES string of the molecule is CNc1cc(C2=C(C)ON(C)C2C)cc(-c2c(C)noc2C)c1C. The Labute approximate surface area is 143 Å². The van der Waals surface area contributed by atoms with E-state index in [0.717, 1.165) is 39.6 Å². The average Bonchev–Trinajstić information content (AvgIpc) is 2.99. The predicted octanol–water partition coefficient (Wildman–Crippen LogP) is 4.31. The van der Waals surface area contributed by atoms with E-state index in [0.29, 0.717) is 0 Å². The first-order chi connectivity index (χ1) is 11.3. The molecule has 2 aromatic rings. The van der Waals surface area contributed by atoms with Crippen LogP contribution in [0.1, 0.15) is 36.4 Å². The van der Waals surface area contributed by atoms with Crippen LogP contribution in [0, 0.1) is 20.8 Å². The number of aryl methyl sites for hydroxylation is 2. The van der Waals surface area contributed by atoms with Gasteiger partial charge in [-0.25, -0.2) is 0 Å². The number of anilines is 1. The second-order valence-electron chi connectivity index (χ2n) is 6.43. The van der Waals surface area contributed by atoms with Crippen molar-refractivity contribution in [2.24, 2.45) is 0 Å². The first-order valence-corrected chi connectivity index (χ1v) is 8.22. The van der Waals surface area contributed by atoms with Crippen molar-refractivity contribution in [3.63, 3.8) is 0 Å². The lowest BCUT2D eigenvalue weighted by Gasteiger charge is -2.18. The lowest BCUT2D eigenvalue weighted by Crippen LogP contribution is -2.22. The molecule has 1 aliphatic rings. The van der Waals surface area contributed by atoms with Gasteiger partial charge in [0.1, 0.15) is 11.5 Å². The maximum absolute atomic E-state index is 5.78. The first kappa shape index (κ1) is 16.6. The van der Waals surface area contributed by atoms with Crippen molar-refractivity contribution >= 4 is 11.3 Å². The Hall–Kier alpha value is -2.27. The van der Waals surface area contributed by atoms with E-state index in [2.05, 4.69) is 36.5 Å². The van der Waals surface area contributed by atoms with Gasteiger partial charge in [0.25, 0.3) is 0 Å². The van der Waals surface area contributed by atoms with Crippen LogP contribution in [0.25, 0.3) is 16.7 Å². The summed E-state index contributed by atoms with van der Waals surface area (Å²) in [4.78, 5) is 5.78. The van der Waals surface area contributed by atoms with Crippen molar-refractivity contribution in [3.8, 4) is 11.1 Å². The molecule has 1 aromatic carbocycles. The minimum Gasteiger partial charge on any atom is -0.410 e. The third-order valence-electron chi connectivity index (χ3n) is 4.91. The van der Waals surface area contributed by atoms with E-state index >= 15 is 0 Å². The van der Waals surface area contributed by atoms with Crippen molar-refractivity contribution in [3.05, 3.63) is 40.5 Å². The van der Waals surface area contributed by atoms with Crippen LogP contribution >= 0.6 is 0 Å². The van der Waals surface area contributed by atoms with E-state index in [9.17, 15) is 0 Å². The van der Waals surface area contributed by atoms with Crippen LogP contribution in [0.4, 0.5) is 5.69 Å². The van der Waals surface area contributed by atoms with Crippen molar-refractivity contribution in [1.29, 1.82) is 0 Å². The monoisotopic (exact) mass is 327 g/mol. The Morgan fingerprint density at radius 2 is 1.88 bits per heavy atom. The predicted molar refractivity (Wildman–Crippen MR) is 96.6 cm³/mol. The van der Waals surface area contributed by atoms with Crippen LogP contribution in [0.2, 0.25) is 0 Å². The molecule has 0 saturated carbocycles. The van der Waals surface area contributed by atoms with Gasteiger partial charge in [-0.1, -0.05) is 5.16 Å². The second-order valence-corrected chi connectivity index (χ2v) is 6.43. The zero-order valence-corrected chi connectivity index (χ0v) is 15.4. The number of aromatic nitrogens is 1. The quantitative estimate of drug-likeness (QED) is 0.910. The average molecular weight is 327 g/mol. The van der Waals surface area contributed by atoms with E-state index < -0.39 is 0 Å². The Morgan fingerprint density at radius 3 is 2.38 bits per heavy atom. The summed E-state index contributed by atoms with van der Waals surface area (Å²) in [5.74, 6) is 1.79. The van der Waals surface area contributed by atoms with E-state index in [1.54, 1.807) is 0 Å². The van der Waals surface area contributed by atoms with Crippen LogP contribution in [0.15, 0.2) is 22.4 Å². The Balaban J connectivity index is 2.24. The van der Waals surface area contributed by atoms with Gasteiger partial charge >= 0.3 is 0 Å². The zero-order valence-electron chi connectivity index (χ0n) is 15.4. The van der Waals surface area contributed by atoms with Gasteiger partial charge in [-0.2, -0.15) is 0 Å². The number of hydroxylamine groups is 2. The molecule has 0 saturated heterocycles. The molecule has 1 unspecified atom stereocenters. The number of hydrogen-bond donors (Lipinski definition) is 1. The fraction of sp³-hybridized carbons (Fsp3) is 0.421. The van der Waals surface area contributed by atoms with Crippen molar-refractivity contribution in [1.82, 2.24) is 10.2 Å². The summed E-state index contributed by atoms with van der Waals surface area (Å²) in [5.41, 5.74) is 7.79. The molecular formula is C19H25N3O2. The molecule has 2 heterocycles. The van der Waals surface area contributed by atoms with Crippen molar-refractivity contribution in [2.45, 2.75) is 40.7 Å². The molecule has 5 heteroatoms. The number of nitrogens with one attached hydrogen (secondary N) is 1. The highest BCUT2D eigenvalue weighted by atomic mass is 16.7. The summed E-state index contributed by atoms with van der Waals surface area (Å²) in [6.07, 6.45) is 0. The number of hydrogen-bond acceptors (Lipinski definition) is 5. The van der Waals surface area contributed by atoms with E-state index in [4.69, 9.17) is 9.36 Å². The third-order valence-corrected chi connectivity index (χ3v) is 4.91. The van der Waals surface area contributed by atoms with Gasteiger partial charge in [0.05, 0.1) is 11.7 Å². The summed E-state index contributed by atoms with van der Waals surface area (Å²) in [6.45, 7) is 10.2. The molecule has 0 amide bonds. The van der Waals surface area contributed by atoms with Crippen molar-refractivity contribution < 1.29 is 9.36 Å². The van der Waals surface area contributed by atoms with Crippen LogP contribution in [-0.4, -0.2) is 30.4 Å². The molecule has 1 aliphatic heterocycles. The lowest BCUT2D eigenvalue weighted by molar-refractivity contribution is -0.0883. The number of benzene rings is 1. The molecule has 3 rings (SSSR count). The normalized spacial score (nSPS) is 18.2. The number of rotatable bonds is 3. The standard InChI is InChI=1S/C19H25N3O2/c1-10-16(18-11(2)21-23-13(18)4)8-15(9-17(10)20-6)19-12(3)22(7)24-14(19)5/h8-9,12,20H,1-7H3. The molecular weight excluding hydrogens is 302 g/mol. The highest BCUT2D eigenvalue weighted by Gasteiger charge is 2.29. The summed E-state index contributed by atoms with van der Waals surface area (Å²) >= 11 is 0. The highest BCUT2D eigenvalue weighted by molar-refractivity contribution is 5.83. The van der Waals surface area contributed by atoms with Gasteiger partial charge in [-0.15, -0.1) is 5.06 Å². The van der Waals surface area contributed by atoms with E-state index in [1.165, 1.54) is 11.1 Å². The number of likely N-dealkylation sites (N-methyl/N-ethyl adjacent to an activating group) is 1. The summed E-state index contributed by atoms with van der Waals surface area (Å²) in [6, 6.07) is 4.62. The second kappa shape index (κ2) is 5.98. The van der Waals surface area contributed by atoms with Gasteiger partial charge in [0.15, 0.2) is 0 Å². The van der Waals surface area contributed by atoms with Gasteiger partial charge in [0, 0.05) is 30.9 Å². The topological polar surface area (TPSA) is 50.5 Å². The Kier molecular flexibility index (Phi) is 4.13. The maximum atomic E-state index is 5.78. The molecule has 1 N–H and O–H groups in total. The van der Waals surface area contributed by atoms with Gasteiger partial charge in [-0.3, -0.25) is 0 Å². The molecule has 0 spiro atoms. The minimum atomic E-state index is 0.204. The molecule has 0 bridgehead atoms. The Morgan fingerprint density at radius 1 is 1.17 bits per heavy atom. The van der Waals surface area contributed by atoms with Crippen LogP contribution < -0.4 is 5.32 Å². The van der Waals surface area contributed by atoms with Crippen LogP contribution in [0.3, 0.4) is 0 Å².